The molecule has 2 aromatic carbocycles. The molecule has 0 spiro atoms. The fraction of sp³-hybridized carbons (Fsp3) is 0.528. The summed E-state index contributed by atoms with van der Waals surface area (Å²) in [5, 5.41) is 31.7. The first kappa shape index (κ1) is 38.9. The number of amides is 4. The maximum Gasteiger partial charge on any atom is 0.326 e. The van der Waals surface area contributed by atoms with Crippen LogP contribution >= 0.6 is 0 Å². The predicted molar refractivity (Wildman–Crippen MR) is 180 cm³/mol. The van der Waals surface area contributed by atoms with E-state index >= 15 is 0 Å². The van der Waals surface area contributed by atoms with Crippen molar-refractivity contribution < 1.29 is 34.2 Å². The van der Waals surface area contributed by atoms with Crippen LogP contribution in [0.15, 0.2) is 60.7 Å². The molecule has 6 unspecified atom stereocenters. The highest BCUT2D eigenvalue weighted by molar-refractivity contribution is 5.91. The van der Waals surface area contributed by atoms with E-state index in [1.165, 1.54) is 0 Å². The zero-order valence-electron chi connectivity index (χ0n) is 28.4. The molecule has 2 rings (SSSR count). The summed E-state index contributed by atoms with van der Waals surface area (Å²) in [6.45, 7) is 10.6. The van der Waals surface area contributed by atoms with E-state index in [4.69, 9.17) is 0 Å². The second-order valence-corrected chi connectivity index (χ2v) is 12.9. The minimum Gasteiger partial charge on any atom is -0.480 e. The van der Waals surface area contributed by atoms with E-state index < -0.39 is 60.4 Å². The third-order valence-corrected chi connectivity index (χ3v) is 8.28. The first-order valence-electron chi connectivity index (χ1n) is 16.4. The van der Waals surface area contributed by atoms with E-state index in [9.17, 15) is 34.2 Å². The first-order chi connectivity index (χ1) is 22.2. The number of aliphatic hydroxyl groups is 1. The number of carbonyl (C=O) groups is 5. The Bertz CT molecular complexity index is 1300. The molecule has 0 saturated carbocycles. The van der Waals surface area contributed by atoms with Crippen molar-refractivity contribution in [3.8, 4) is 0 Å². The summed E-state index contributed by atoms with van der Waals surface area (Å²) in [5.41, 5.74) is 1.82. The topological polar surface area (TPSA) is 174 Å². The quantitative estimate of drug-likeness (QED) is 0.135. The highest BCUT2D eigenvalue weighted by Gasteiger charge is 2.33. The van der Waals surface area contributed by atoms with Crippen LogP contribution in [0.4, 0.5) is 0 Å². The maximum atomic E-state index is 13.6. The molecule has 0 aromatic heterocycles. The number of hydrogen-bond donors (Lipinski definition) is 6. The molecular weight excluding hydrogens is 600 g/mol. The summed E-state index contributed by atoms with van der Waals surface area (Å²) in [6.07, 6.45) is -0.317. The standard InChI is InChI=1S/C36H52N4O7/c1-7-24(6)33(35(45)40-32(23(4)5)36(46)47)39-30(43)21-28(41)27(20-26-16-12-9-13-17-26)37-34(44)31(22(2)3)38-29(42)19-18-25-14-10-8-11-15-25/h8-17,22-24,27-28,31-33,41H,7,18-21H2,1-6H3,(H,37,44)(H,38,42)(H,39,43)(H,40,45)(H,46,47). The lowest BCUT2D eigenvalue weighted by molar-refractivity contribution is -0.143. The van der Waals surface area contributed by atoms with Crippen LogP contribution in [0.1, 0.15) is 71.9 Å². The van der Waals surface area contributed by atoms with Crippen LogP contribution in [0.25, 0.3) is 0 Å². The SMILES string of the molecule is CCC(C)C(NC(=O)CC(O)C(Cc1ccccc1)NC(=O)C(NC(=O)CCc1ccccc1)C(C)C)C(=O)NC(C(=O)O)C(C)C. The highest BCUT2D eigenvalue weighted by Crippen LogP contribution is 2.14. The van der Waals surface area contributed by atoms with Gasteiger partial charge in [-0.15, -0.1) is 0 Å². The molecule has 258 valence electrons. The Labute approximate surface area is 278 Å². The van der Waals surface area contributed by atoms with Gasteiger partial charge in [0.1, 0.15) is 18.1 Å². The van der Waals surface area contributed by atoms with E-state index in [0.717, 1.165) is 11.1 Å². The molecule has 0 aliphatic heterocycles. The Morgan fingerprint density at radius 2 is 1.17 bits per heavy atom. The van der Waals surface area contributed by atoms with Crippen LogP contribution in [-0.2, 0) is 36.8 Å². The average molecular weight is 653 g/mol. The summed E-state index contributed by atoms with van der Waals surface area (Å²) in [5.74, 6) is -4.16. The van der Waals surface area contributed by atoms with E-state index in [0.29, 0.717) is 12.8 Å². The fourth-order valence-electron chi connectivity index (χ4n) is 5.13. The third kappa shape index (κ3) is 13.2. The normalized spacial score (nSPS) is 15.1. The van der Waals surface area contributed by atoms with Crippen LogP contribution in [0, 0.1) is 17.8 Å². The lowest BCUT2D eigenvalue weighted by Crippen LogP contribution is -2.57. The summed E-state index contributed by atoms with van der Waals surface area (Å²) < 4.78 is 0. The third-order valence-electron chi connectivity index (χ3n) is 8.28. The number of nitrogens with one attached hydrogen (secondary N) is 4. The molecule has 6 atom stereocenters. The number of aliphatic hydroxyl groups excluding tert-OH is 1. The number of benzene rings is 2. The number of rotatable bonds is 19. The monoisotopic (exact) mass is 652 g/mol. The van der Waals surface area contributed by atoms with Gasteiger partial charge in [-0.1, -0.05) is 109 Å². The van der Waals surface area contributed by atoms with Gasteiger partial charge in [-0.2, -0.15) is 0 Å². The number of aliphatic carboxylic acids is 1. The van der Waals surface area contributed by atoms with Gasteiger partial charge in [0, 0.05) is 6.42 Å². The highest BCUT2D eigenvalue weighted by atomic mass is 16.4. The van der Waals surface area contributed by atoms with Crippen molar-refractivity contribution in [2.75, 3.05) is 0 Å². The summed E-state index contributed by atoms with van der Waals surface area (Å²) in [6, 6.07) is 14.8. The largest absolute Gasteiger partial charge is 0.480 e. The Balaban J connectivity index is 2.17. The van der Waals surface area contributed by atoms with Gasteiger partial charge in [0.05, 0.1) is 18.6 Å². The van der Waals surface area contributed by atoms with Crippen molar-refractivity contribution in [1.29, 1.82) is 0 Å². The fourth-order valence-corrected chi connectivity index (χ4v) is 5.13. The van der Waals surface area contributed by atoms with E-state index in [-0.39, 0.29) is 36.5 Å². The number of carbonyl (C=O) groups excluding carboxylic acids is 4. The average Bonchev–Trinajstić information content (AvgIpc) is 3.03. The molecule has 47 heavy (non-hydrogen) atoms. The van der Waals surface area contributed by atoms with Crippen LogP contribution in [-0.4, -0.2) is 70.1 Å². The van der Waals surface area contributed by atoms with Crippen molar-refractivity contribution >= 4 is 29.6 Å². The zero-order chi connectivity index (χ0) is 35.1. The molecule has 2 aromatic rings. The Morgan fingerprint density at radius 1 is 0.660 bits per heavy atom. The van der Waals surface area contributed by atoms with Crippen molar-refractivity contribution in [1.82, 2.24) is 21.3 Å². The molecule has 0 fully saturated rings. The van der Waals surface area contributed by atoms with Crippen molar-refractivity contribution in [2.24, 2.45) is 17.8 Å². The van der Waals surface area contributed by atoms with Crippen molar-refractivity contribution in [2.45, 2.75) is 104 Å². The van der Waals surface area contributed by atoms with Gasteiger partial charge in [0.25, 0.3) is 0 Å². The molecule has 0 bridgehead atoms. The van der Waals surface area contributed by atoms with Gasteiger partial charge in [-0.05, 0) is 41.7 Å². The predicted octanol–water partition coefficient (Wildman–Crippen LogP) is 2.99. The molecule has 4 amide bonds. The number of carboxylic acids is 1. The molecule has 0 saturated heterocycles. The second-order valence-electron chi connectivity index (χ2n) is 12.9. The van der Waals surface area contributed by atoms with Crippen LogP contribution < -0.4 is 21.3 Å². The number of hydrogen-bond acceptors (Lipinski definition) is 6. The Hall–Kier alpha value is -4.25. The molecule has 11 heteroatoms. The van der Waals surface area contributed by atoms with Crippen molar-refractivity contribution in [3.05, 3.63) is 71.8 Å². The molecule has 0 radical (unpaired) electrons. The lowest BCUT2D eigenvalue weighted by atomic mass is 9.95. The molecule has 0 aliphatic rings. The Kier molecular flexibility index (Phi) is 16.1. The zero-order valence-corrected chi connectivity index (χ0v) is 28.4. The summed E-state index contributed by atoms with van der Waals surface area (Å²) in [7, 11) is 0. The molecule has 11 nitrogen and oxygen atoms in total. The van der Waals surface area contributed by atoms with Crippen LogP contribution in [0.3, 0.4) is 0 Å². The van der Waals surface area contributed by atoms with E-state index in [1.807, 2.05) is 81.4 Å². The minimum atomic E-state index is -1.34. The van der Waals surface area contributed by atoms with Crippen molar-refractivity contribution in [3.63, 3.8) is 0 Å². The second kappa shape index (κ2) is 19.4. The summed E-state index contributed by atoms with van der Waals surface area (Å²) >= 11 is 0. The van der Waals surface area contributed by atoms with Crippen LogP contribution in [0.2, 0.25) is 0 Å². The molecule has 6 N–H and O–H groups in total. The minimum absolute atomic E-state index is 0.200. The van der Waals surface area contributed by atoms with Crippen LogP contribution in [0.5, 0.6) is 0 Å². The molecule has 0 heterocycles. The number of carboxylic acid groups (broad SMARTS) is 1. The smallest absolute Gasteiger partial charge is 0.326 e. The van der Waals surface area contributed by atoms with Gasteiger partial charge < -0.3 is 31.5 Å². The van der Waals surface area contributed by atoms with Gasteiger partial charge in [0.15, 0.2) is 0 Å². The Morgan fingerprint density at radius 3 is 1.68 bits per heavy atom. The molecule has 0 aliphatic carbocycles. The first-order valence-corrected chi connectivity index (χ1v) is 16.4. The molecular formula is C36H52N4O7. The van der Waals surface area contributed by atoms with Gasteiger partial charge in [0.2, 0.25) is 23.6 Å². The van der Waals surface area contributed by atoms with E-state index in [2.05, 4.69) is 21.3 Å². The van der Waals surface area contributed by atoms with Gasteiger partial charge in [-0.3, -0.25) is 19.2 Å². The summed E-state index contributed by atoms with van der Waals surface area (Å²) in [4.78, 5) is 64.4. The van der Waals surface area contributed by atoms with Gasteiger partial charge in [-0.25, -0.2) is 4.79 Å². The lowest BCUT2D eigenvalue weighted by Gasteiger charge is -2.30. The number of aryl methyl sites for hydroxylation is 1. The van der Waals surface area contributed by atoms with Gasteiger partial charge >= 0.3 is 5.97 Å². The van der Waals surface area contributed by atoms with E-state index in [1.54, 1.807) is 20.8 Å². The maximum absolute atomic E-state index is 13.6.